The Morgan fingerprint density at radius 1 is 1.07 bits per heavy atom. The van der Waals surface area contributed by atoms with Crippen LogP contribution in [-0.2, 0) is 23.8 Å². The summed E-state index contributed by atoms with van der Waals surface area (Å²) < 4.78 is 21.6. The monoisotopic (exact) mass is 401 g/mol. The summed E-state index contributed by atoms with van der Waals surface area (Å²) in [5.74, 6) is -0.891. The number of allylic oxidation sites excluding steroid dienone is 2. The van der Waals surface area contributed by atoms with Crippen LogP contribution in [0.2, 0.25) is 0 Å². The second-order valence-electron chi connectivity index (χ2n) is 6.92. The number of epoxide rings is 1. The predicted octanol–water partition coefficient (Wildman–Crippen LogP) is 2.83. The van der Waals surface area contributed by atoms with Crippen LogP contribution in [-0.4, -0.2) is 44.5 Å². The molecule has 0 bridgehead atoms. The number of hydrogen-bond acceptors (Lipinski definition) is 7. The Labute approximate surface area is 170 Å². The highest BCUT2D eigenvalue weighted by molar-refractivity contribution is 5.99. The largest absolute Gasteiger partial charge is 0.491 e. The molecular formula is C22H27NO6. The maximum atomic E-state index is 12.8. The zero-order valence-corrected chi connectivity index (χ0v) is 17.2. The van der Waals surface area contributed by atoms with Crippen molar-refractivity contribution in [2.45, 2.75) is 39.7 Å². The van der Waals surface area contributed by atoms with Crippen molar-refractivity contribution < 1.29 is 28.5 Å². The van der Waals surface area contributed by atoms with E-state index in [0.717, 1.165) is 5.56 Å². The molecule has 7 nitrogen and oxygen atoms in total. The first-order chi connectivity index (χ1) is 14.0. The lowest BCUT2D eigenvalue weighted by Gasteiger charge is -2.30. The molecule has 1 N–H and O–H groups in total. The number of carbonyl (C=O) groups is 2. The van der Waals surface area contributed by atoms with Gasteiger partial charge in [-0.1, -0.05) is 12.1 Å². The molecule has 0 radical (unpaired) electrons. The van der Waals surface area contributed by atoms with Crippen molar-refractivity contribution >= 4 is 11.9 Å². The van der Waals surface area contributed by atoms with Crippen LogP contribution in [0.3, 0.4) is 0 Å². The standard InChI is InChI=1S/C22H27NO6/c1-5-26-21(24)18-13(3)23-14(4)19(22(25)27-6-2)20(18)15-8-7-9-16(10-15)28-11-17-12-29-17/h7-10,17,20,23H,5-6,11-12H2,1-4H3. The van der Waals surface area contributed by atoms with Crippen molar-refractivity contribution in [2.24, 2.45) is 0 Å². The van der Waals surface area contributed by atoms with E-state index in [2.05, 4.69) is 5.32 Å². The minimum Gasteiger partial charge on any atom is -0.491 e. The van der Waals surface area contributed by atoms with Crippen molar-refractivity contribution in [3.05, 3.63) is 52.4 Å². The molecule has 1 unspecified atom stereocenters. The first-order valence-corrected chi connectivity index (χ1v) is 9.83. The number of benzene rings is 1. The summed E-state index contributed by atoms with van der Waals surface area (Å²) in [4.78, 5) is 25.6. The Morgan fingerprint density at radius 3 is 2.17 bits per heavy atom. The number of carbonyl (C=O) groups excluding carboxylic acids is 2. The van der Waals surface area contributed by atoms with Crippen LogP contribution in [0.1, 0.15) is 39.2 Å². The molecule has 0 aliphatic carbocycles. The van der Waals surface area contributed by atoms with Gasteiger partial charge in [-0.25, -0.2) is 9.59 Å². The lowest BCUT2D eigenvalue weighted by Crippen LogP contribution is -2.32. The summed E-state index contributed by atoms with van der Waals surface area (Å²) in [6, 6.07) is 7.40. The molecule has 2 aliphatic rings. The van der Waals surface area contributed by atoms with E-state index in [-0.39, 0.29) is 19.3 Å². The molecule has 156 valence electrons. The van der Waals surface area contributed by atoms with Crippen molar-refractivity contribution in [2.75, 3.05) is 26.4 Å². The minimum absolute atomic E-state index is 0.131. The summed E-state index contributed by atoms with van der Waals surface area (Å²) >= 11 is 0. The fraction of sp³-hybridized carbons (Fsp3) is 0.455. The summed E-state index contributed by atoms with van der Waals surface area (Å²) in [6.45, 7) is 8.76. The topological polar surface area (TPSA) is 86.4 Å². The van der Waals surface area contributed by atoms with Crippen LogP contribution in [0, 0.1) is 0 Å². The molecule has 0 amide bonds. The average molecular weight is 401 g/mol. The number of rotatable bonds is 8. The fourth-order valence-electron chi connectivity index (χ4n) is 3.42. The van der Waals surface area contributed by atoms with Gasteiger partial charge >= 0.3 is 11.9 Å². The first kappa shape index (κ1) is 20.9. The molecule has 2 heterocycles. The molecular weight excluding hydrogens is 374 g/mol. The van der Waals surface area contributed by atoms with Gasteiger partial charge in [0.15, 0.2) is 0 Å². The van der Waals surface area contributed by atoms with Crippen LogP contribution in [0.5, 0.6) is 5.75 Å². The Hall–Kier alpha value is -2.80. The molecule has 2 aliphatic heterocycles. The van der Waals surface area contributed by atoms with Gasteiger partial charge in [0, 0.05) is 11.4 Å². The second kappa shape index (κ2) is 9.13. The van der Waals surface area contributed by atoms with E-state index in [1.54, 1.807) is 27.7 Å². The lowest BCUT2D eigenvalue weighted by atomic mass is 9.80. The van der Waals surface area contributed by atoms with Gasteiger partial charge in [-0.05, 0) is 45.4 Å². The quantitative estimate of drug-likeness (QED) is 0.529. The normalized spacial score (nSPS) is 19.0. The fourth-order valence-corrected chi connectivity index (χ4v) is 3.42. The summed E-state index contributed by atoms with van der Waals surface area (Å²) in [5.41, 5.74) is 2.84. The minimum atomic E-state index is -0.616. The van der Waals surface area contributed by atoms with E-state index in [4.69, 9.17) is 18.9 Å². The van der Waals surface area contributed by atoms with Crippen LogP contribution in [0.4, 0.5) is 0 Å². The lowest BCUT2D eigenvalue weighted by molar-refractivity contribution is -0.139. The predicted molar refractivity (Wildman–Crippen MR) is 106 cm³/mol. The van der Waals surface area contributed by atoms with E-state index < -0.39 is 17.9 Å². The van der Waals surface area contributed by atoms with Gasteiger partial charge in [-0.15, -0.1) is 0 Å². The Kier molecular flexibility index (Phi) is 6.59. The van der Waals surface area contributed by atoms with Gasteiger partial charge in [-0.2, -0.15) is 0 Å². The SMILES string of the molecule is CCOC(=O)C1=C(C)NC(C)=C(C(=O)OCC)C1c1cccc(OCC2CO2)c1. The van der Waals surface area contributed by atoms with Crippen LogP contribution >= 0.6 is 0 Å². The number of nitrogens with one attached hydrogen (secondary N) is 1. The van der Waals surface area contributed by atoms with E-state index in [1.807, 2.05) is 24.3 Å². The molecule has 29 heavy (non-hydrogen) atoms. The second-order valence-corrected chi connectivity index (χ2v) is 6.92. The molecule has 3 rings (SSSR count). The van der Waals surface area contributed by atoms with Gasteiger partial charge in [0.2, 0.25) is 0 Å². The first-order valence-electron chi connectivity index (χ1n) is 9.83. The summed E-state index contributed by atoms with van der Waals surface area (Å²) in [7, 11) is 0. The molecule has 0 saturated carbocycles. The van der Waals surface area contributed by atoms with Crippen LogP contribution < -0.4 is 10.1 Å². The third kappa shape index (κ3) is 4.79. The van der Waals surface area contributed by atoms with Crippen molar-refractivity contribution in [3.63, 3.8) is 0 Å². The highest BCUT2D eigenvalue weighted by Gasteiger charge is 2.38. The Morgan fingerprint density at radius 2 is 1.66 bits per heavy atom. The highest BCUT2D eigenvalue weighted by Crippen LogP contribution is 2.40. The number of hydrogen-bond donors (Lipinski definition) is 1. The zero-order chi connectivity index (χ0) is 21.0. The van der Waals surface area contributed by atoms with Gasteiger partial charge in [-0.3, -0.25) is 0 Å². The van der Waals surface area contributed by atoms with E-state index in [1.165, 1.54) is 0 Å². The van der Waals surface area contributed by atoms with Crippen molar-refractivity contribution in [3.8, 4) is 5.75 Å². The molecule has 1 fully saturated rings. The molecule has 1 saturated heterocycles. The van der Waals surface area contributed by atoms with Gasteiger partial charge in [0.05, 0.1) is 36.9 Å². The number of ether oxygens (including phenoxy) is 4. The highest BCUT2D eigenvalue weighted by atomic mass is 16.6. The maximum absolute atomic E-state index is 12.8. The summed E-state index contributed by atoms with van der Waals surface area (Å²) in [6.07, 6.45) is 0.131. The van der Waals surface area contributed by atoms with Gasteiger partial charge in [0.25, 0.3) is 0 Å². The average Bonchev–Trinajstić information content (AvgIpc) is 3.50. The van der Waals surface area contributed by atoms with Crippen LogP contribution in [0.25, 0.3) is 0 Å². The maximum Gasteiger partial charge on any atom is 0.336 e. The zero-order valence-electron chi connectivity index (χ0n) is 17.2. The molecule has 7 heteroatoms. The molecule has 0 spiro atoms. The van der Waals surface area contributed by atoms with Crippen molar-refractivity contribution in [1.82, 2.24) is 5.32 Å². The molecule has 0 aromatic heterocycles. The summed E-state index contributed by atoms with van der Waals surface area (Å²) in [5, 5.41) is 3.13. The molecule has 1 atom stereocenters. The number of esters is 2. The van der Waals surface area contributed by atoms with Gasteiger partial charge < -0.3 is 24.3 Å². The number of dihydropyridines is 1. The third-order valence-electron chi connectivity index (χ3n) is 4.78. The van der Waals surface area contributed by atoms with E-state index in [0.29, 0.717) is 41.5 Å². The van der Waals surface area contributed by atoms with Crippen molar-refractivity contribution in [1.29, 1.82) is 0 Å². The van der Waals surface area contributed by atoms with E-state index in [9.17, 15) is 9.59 Å². The Balaban J connectivity index is 2.03. The molecule has 1 aromatic rings. The third-order valence-corrected chi connectivity index (χ3v) is 4.78. The van der Waals surface area contributed by atoms with E-state index >= 15 is 0 Å². The smallest absolute Gasteiger partial charge is 0.336 e. The molecule has 1 aromatic carbocycles. The Bertz CT molecular complexity index is 813. The van der Waals surface area contributed by atoms with Crippen LogP contribution in [0.15, 0.2) is 46.8 Å². The van der Waals surface area contributed by atoms with Gasteiger partial charge in [0.1, 0.15) is 18.5 Å².